The molecular formula is C24H31Cl2N3O4S. The van der Waals surface area contributed by atoms with E-state index in [0.29, 0.717) is 27.7 Å². The predicted molar refractivity (Wildman–Crippen MR) is 138 cm³/mol. The van der Waals surface area contributed by atoms with Gasteiger partial charge in [0, 0.05) is 12.1 Å². The molecule has 0 saturated heterocycles. The molecule has 0 saturated carbocycles. The van der Waals surface area contributed by atoms with E-state index in [1.165, 1.54) is 4.90 Å². The number of sulfonamides is 1. The van der Waals surface area contributed by atoms with Gasteiger partial charge in [0.25, 0.3) is 0 Å². The monoisotopic (exact) mass is 527 g/mol. The Morgan fingerprint density at radius 1 is 1.03 bits per heavy atom. The molecule has 0 bridgehead atoms. The van der Waals surface area contributed by atoms with Crippen LogP contribution >= 0.6 is 23.2 Å². The van der Waals surface area contributed by atoms with Crippen LogP contribution in [0.3, 0.4) is 0 Å². The summed E-state index contributed by atoms with van der Waals surface area (Å²) in [5.41, 5.74) is 0.515. The fourth-order valence-corrected chi connectivity index (χ4v) is 4.59. The van der Waals surface area contributed by atoms with Crippen LogP contribution in [0, 0.1) is 0 Å². The molecule has 1 atom stereocenters. The summed E-state index contributed by atoms with van der Waals surface area (Å²) in [7, 11) is -3.77. The van der Waals surface area contributed by atoms with E-state index in [9.17, 15) is 18.0 Å². The Bertz CT molecular complexity index is 1120. The quantitative estimate of drug-likeness (QED) is 0.520. The maximum Gasteiger partial charge on any atom is 0.244 e. The number of para-hydroxylation sites is 1. The van der Waals surface area contributed by atoms with Gasteiger partial charge in [0.05, 0.1) is 22.0 Å². The summed E-state index contributed by atoms with van der Waals surface area (Å²) in [6.45, 7) is 6.95. The average Bonchev–Trinajstić information content (AvgIpc) is 2.72. The molecule has 0 aliphatic rings. The van der Waals surface area contributed by atoms with Crippen LogP contribution in [0.4, 0.5) is 5.69 Å². The van der Waals surface area contributed by atoms with Crippen LogP contribution in [0.1, 0.15) is 39.7 Å². The van der Waals surface area contributed by atoms with E-state index in [0.717, 1.165) is 10.6 Å². The van der Waals surface area contributed by atoms with Gasteiger partial charge in [-0.1, -0.05) is 54.4 Å². The number of anilines is 1. The second-order valence-electron chi connectivity index (χ2n) is 9.04. The fraction of sp³-hybridized carbons (Fsp3) is 0.417. The summed E-state index contributed by atoms with van der Waals surface area (Å²) < 4.78 is 26.1. The second-order valence-corrected chi connectivity index (χ2v) is 11.8. The first-order chi connectivity index (χ1) is 15.7. The van der Waals surface area contributed by atoms with Crippen molar-refractivity contribution in [2.24, 2.45) is 0 Å². The molecule has 0 aliphatic heterocycles. The van der Waals surface area contributed by atoms with Crippen molar-refractivity contribution in [3.05, 3.63) is 64.1 Å². The highest BCUT2D eigenvalue weighted by Crippen LogP contribution is 2.25. The van der Waals surface area contributed by atoms with Crippen molar-refractivity contribution < 1.29 is 18.0 Å². The van der Waals surface area contributed by atoms with Gasteiger partial charge in [-0.3, -0.25) is 13.9 Å². The Kier molecular flexibility index (Phi) is 9.39. The molecule has 1 unspecified atom stereocenters. The number of hydrogen-bond donors (Lipinski definition) is 1. The van der Waals surface area contributed by atoms with Crippen molar-refractivity contribution >= 4 is 50.7 Å². The van der Waals surface area contributed by atoms with Gasteiger partial charge >= 0.3 is 0 Å². The molecule has 0 spiro atoms. The summed E-state index contributed by atoms with van der Waals surface area (Å²) >= 11 is 12.2. The molecule has 2 amide bonds. The lowest BCUT2D eigenvalue weighted by molar-refractivity contribution is -0.141. The minimum atomic E-state index is -3.77. The third-order valence-electron chi connectivity index (χ3n) is 4.94. The van der Waals surface area contributed by atoms with Gasteiger partial charge in [0.1, 0.15) is 12.6 Å². The lowest BCUT2D eigenvalue weighted by Crippen LogP contribution is -2.55. The standard InChI is InChI=1S/C24H31Cl2N3O4S/c1-6-21(23(31)27-24(2,3)4)28(15-17-12-13-19(25)20(26)14-17)22(30)16-29(34(5,32)33)18-10-8-7-9-11-18/h7-14,21H,6,15-16H2,1-5H3,(H,27,31). The maximum atomic E-state index is 13.6. The van der Waals surface area contributed by atoms with Gasteiger partial charge in [-0.2, -0.15) is 0 Å². The Morgan fingerprint density at radius 3 is 2.15 bits per heavy atom. The molecule has 1 N–H and O–H groups in total. The number of carbonyl (C=O) groups excluding carboxylic acids is 2. The van der Waals surface area contributed by atoms with E-state index < -0.39 is 34.1 Å². The van der Waals surface area contributed by atoms with Crippen LogP contribution in [0.15, 0.2) is 48.5 Å². The topological polar surface area (TPSA) is 86.8 Å². The van der Waals surface area contributed by atoms with Crippen molar-refractivity contribution in [2.45, 2.75) is 52.2 Å². The highest BCUT2D eigenvalue weighted by Gasteiger charge is 2.33. The number of carbonyl (C=O) groups is 2. The largest absolute Gasteiger partial charge is 0.350 e. The molecule has 7 nitrogen and oxygen atoms in total. The Hall–Kier alpha value is -2.29. The molecule has 2 aromatic carbocycles. The summed E-state index contributed by atoms with van der Waals surface area (Å²) in [4.78, 5) is 28.1. The zero-order valence-corrected chi connectivity index (χ0v) is 22.3. The van der Waals surface area contributed by atoms with E-state index in [1.54, 1.807) is 55.5 Å². The highest BCUT2D eigenvalue weighted by molar-refractivity contribution is 7.92. The number of amides is 2. The summed E-state index contributed by atoms with van der Waals surface area (Å²) in [5.74, 6) is -0.842. The molecule has 10 heteroatoms. The van der Waals surface area contributed by atoms with Gasteiger partial charge in [-0.15, -0.1) is 0 Å². The Morgan fingerprint density at radius 2 is 1.65 bits per heavy atom. The molecule has 0 aliphatic carbocycles. The van der Waals surface area contributed by atoms with Crippen molar-refractivity contribution in [1.82, 2.24) is 10.2 Å². The van der Waals surface area contributed by atoms with E-state index in [4.69, 9.17) is 23.2 Å². The number of halogens is 2. The molecule has 0 radical (unpaired) electrons. The summed E-state index contributed by atoms with van der Waals surface area (Å²) in [5, 5.41) is 3.60. The van der Waals surface area contributed by atoms with E-state index in [1.807, 2.05) is 20.8 Å². The van der Waals surface area contributed by atoms with Crippen LogP contribution < -0.4 is 9.62 Å². The van der Waals surface area contributed by atoms with Crippen LogP contribution in [0.5, 0.6) is 0 Å². The van der Waals surface area contributed by atoms with Gasteiger partial charge in [-0.05, 0) is 57.0 Å². The third-order valence-corrected chi connectivity index (χ3v) is 6.82. The molecule has 0 fully saturated rings. The molecule has 0 heterocycles. The maximum absolute atomic E-state index is 13.6. The third kappa shape index (κ3) is 7.89. The van der Waals surface area contributed by atoms with Gasteiger partial charge in [0.15, 0.2) is 0 Å². The molecule has 186 valence electrons. The van der Waals surface area contributed by atoms with E-state index in [2.05, 4.69) is 5.32 Å². The Balaban J connectivity index is 2.46. The minimum Gasteiger partial charge on any atom is -0.350 e. The number of benzene rings is 2. The first kappa shape index (κ1) is 28.0. The molecule has 0 aromatic heterocycles. The average molecular weight is 529 g/mol. The van der Waals surface area contributed by atoms with Crippen LogP contribution in [0.2, 0.25) is 10.0 Å². The van der Waals surface area contributed by atoms with Crippen molar-refractivity contribution in [2.75, 3.05) is 17.1 Å². The highest BCUT2D eigenvalue weighted by atomic mass is 35.5. The van der Waals surface area contributed by atoms with Crippen molar-refractivity contribution in [3.8, 4) is 0 Å². The SMILES string of the molecule is CCC(C(=O)NC(C)(C)C)N(Cc1ccc(Cl)c(Cl)c1)C(=O)CN(c1ccccc1)S(C)(=O)=O. The number of nitrogens with one attached hydrogen (secondary N) is 1. The van der Waals surface area contributed by atoms with E-state index in [-0.39, 0.29) is 12.5 Å². The summed E-state index contributed by atoms with van der Waals surface area (Å²) in [6.07, 6.45) is 1.37. The summed E-state index contributed by atoms with van der Waals surface area (Å²) in [6, 6.07) is 12.5. The number of nitrogens with zero attached hydrogens (tertiary/aromatic N) is 2. The van der Waals surface area contributed by atoms with E-state index >= 15 is 0 Å². The molecular weight excluding hydrogens is 497 g/mol. The number of hydrogen-bond acceptors (Lipinski definition) is 4. The smallest absolute Gasteiger partial charge is 0.244 e. The van der Waals surface area contributed by atoms with Crippen LogP contribution in [0.25, 0.3) is 0 Å². The molecule has 2 aromatic rings. The zero-order valence-electron chi connectivity index (χ0n) is 20.0. The van der Waals surface area contributed by atoms with Gasteiger partial charge < -0.3 is 10.2 Å². The minimum absolute atomic E-state index is 0.0538. The van der Waals surface area contributed by atoms with Crippen molar-refractivity contribution in [1.29, 1.82) is 0 Å². The molecule has 2 rings (SSSR count). The predicted octanol–water partition coefficient (Wildman–Crippen LogP) is 4.48. The van der Waals surface area contributed by atoms with Crippen molar-refractivity contribution in [3.63, 3.8) is 0 Å². The number of rotatable bonds is 9. The zero-order chi connectivity index (χ0) is 25.7. The fourth-order valence-electron chi connectivity index (χ4n) is 3.42. The lowest BCUT2D eigenvalue weighted by atomic mass is 10.1. The van der Waals surface area contributed by atoms with Gasteiger partial charge in [0.2, 0.25) is 21.8 Å². The Labute approximate surface area is 212 Å². The van der Waals surface area contributed by atoms with Gasteiger partial charge in [-0.25, -0.2) is 8.42 Å². The normalized spacial score (nSPS) is 12.7. The lowest BCUT2D eigenvalue weighted by Gasteiger charge is -2.34. The van der Waals surface area contributed by atoms with Crippen LogP contribution in [-0.2, 0) is 26.2 Å². The first-order valence-corrected chi connectivity index (χ1v) is 13.4. The van der Waals surface area contributed by atoms with Crippen LogP contribution in [-0.4, -0.2) is 49.5 Å². The molecule has 34 heavy (non-hydrogen) atoms. The first-order valence-electron chi connectivity index (χ1n) is 10.8. The second kappa shape index (κ2) is 11.4.